The molecule has 5 nitrogen and oxygen atoms in total. The molecule has 0 aromatic heterocycles. The van der Waals surface area contributed by atoms with E-state index in [2.05, 4.69) is 5.32 Å². The van der Waals surface area contributed by atoms with Crippen molar-refractivity contribution >= 4 is 15.9 Å². The number of hydrogen-bond acceptors (Lipinski definition) is 3. The van der Waals surface area contributed by atoms with Crippen molar-refractivity contribution < 1.29 is 13.2 Å². The monoisotopic (exact) mass is 428 g/mol. The molecule has 6 heteroatoms. The number of amides is 2. The second kappa shape index (κ2) is 6.72. The van der Waals surface area contributed by atoms with Crippen LogP contribution in [0.25, 0.3) is 0 Å². The van der Waals surface area contributed by atoms with Gasteiger partial charge in [0.1, 0.15) is 0 Å². The van der Waals surface area contributed by atoms with Crippen LogP contribution >= 0.6 is 0 Å². The van der Waals surface area contributed by atoms with E-state index in [4.69, 9.17) is 0 Å². The first-order valence-electron chi connectivity index (χ1n) is 11.8. The van der Waals surface area contributed by atoms with Gasteiger partial charge in [-0.2, -0.15) is 0 Å². The summed E-state index contributed by atoms with van der Waals surface area (Å²) in [5.74, 6) is 2.40. The van der Waals surface area contributed by atoms with E-state index in [1.54, 1.807) is 24.3 Å². The number of nitrogens with one attached hydrogen (secondary N) is 1. The summed E-state index contributed by atoms with van der Waals surface area (Å²) in [6.07, 6.45) is 10.6. The van der Waals surface area contributed by atoms with Gasteiger partial charge in [-0.15, -0.1) is 0 Å². The van der Waals surface area contributed by atoms with Crippen LogP contribution in [0.4, 0.5) is 4.79 Å². The Morgan fingerprint density at radius 3 is 1.93 bits per heavy atom. The second-order valence-electron chi connectivity index (χ2n) is 10.9. The van der Waals surface area contributed by atoms with Crippen LogP contribution in [0.1, 0.15) is 64.2 Å². The molecule has 2 atom stereocenters. The summed E-state index contributed by atoms with van der Waals surface area (Å²) in [5, 5.41) is 3.14. The van der Waals surface area contributed by atoms with Gasteiger partial charge < -0.3 is 10.2 Å². The van der Waals surface area contributed by atoms with Crippen LogP contribution < -0.4 is 5.32 Å². The van der Waals surface area contributed by atoms with Gasteiger partial charge in [0.15, 0.2) is 9.84 Å². The van der Waals surface area contributed by atoms with Gasteiger partial charge in [0, 0.05) is 17.6 Å². The Bertz CT molecular complexity index is 895. The minimum Gasteiger partial charge on any atom is -0.333 e. The molecule has 0 spiro atoms. The first-order valence-corrected chi connectivity index (χ1v) is 13.4. The zero-order valence-electron chi connectivity index (χ0n) is 17.5. The largest absolute Gasteiger partial charge is 0.333 e. The van der Waals surface area contributed by atoms with E-state index in [1.165, 1.54) is 19.3 Å². The molecule has 2 aliphatic heterocycles. The lowest BCUT2D eigenvalue weighted by molar-refractivity contribution is -0.0171. The number of hydrogen-bond donors (Lipinski definition) is 1. The topological polar surface area (TPSA) is 66.5 Å². The Labute approximate surface area is 179 Å². The molecule has 162 valence electrons. The molecule has 1 aromatic rings. The molecule has 6 aliphatic rings. The van der Waals surface area contributed by atoms with Gasteiger partial charge in [-0.25, -0.2) is 13.2 Å². The third-order valence-corrected chi connectivity index (χ3v) is 11.0. The molecule has 4 saturated carbocycles. The van der Waals surface area contributed by atoms with Crippen LogP contribution in [0, 0.1) is 17.8 Å². The van der Waals surface area contributed by atoms with E-state index in [0.29, 0.717) is 17.7 Å². The normalized spacial score (nSPS) is 41.8. The van der Waals surface area contributed by atoms with Gasteiger partial charge in [0.05, 0.1) is 10.1 Å². The zero-order valence-corrected chi connectivity index (χ0v) is 18.3. The maximum atomic E-state index is 13.4. The average molecular weight is 429 g/mol. The Morgan fingerprint density at radius 2 is 1.40 bits per heavy atom. The lowest BCUT2D eigenvalue weighted by Crippen LogP contribution is -2.63. The summed E-state index contributed by atoms with van der Waals surface area (Å²) < 4.78 is 26.3. The van der Waals surface area contributed by atoms with Crippen molar-refractivity contribution in [3.8, 4) is 0 Å². The molecule has 1 aromatic carbocycles. The Hall–Kier alpha value is -1.56. The van der Waals surface area contributed by atoms with Gasteiger partial charge in [0.2, 0.25) is 0 Å². The van der Waals surface area contributed by atoms with Gasteiger partial charge >= 0.3 is 6.03 Å². The summed E-state index contributed by atoms with van der Waals surface area (Å²) in [7, 11) is -3.34. The fourth-order valence-corrected chi connectivity index (χ4v) is 9.94. The molecule has 2 unspecified atom stereocenters. The molecule has 2 heterocycles. The maximum Gasteiger partial charge on any atom is 0.318 e. The molecule has 7 rings (SSSR count). The van der Waals surface area contributed by atoms with Crippen LogP contribution in [0.2, 0.25) is 0 Å². The first kappa shape index (κ1) is 19.1. The zero-order chi connectivity index (χ0) is 20.5. The predicted molar refractivity (Wildman–Crippen MR) is 115 cm³/mol. The van der Waals surface area contributed by atoms with E-state index in [0.717, 1.165) is 49.9 Å². The minimum absolute atomic E-state index is 0.0121. The Kier molecular flexibility index (Phi) is 4.29. The molecular formula is C24H32N2O3S. The number of fused-ring (bicyclic) bond motifs is 2. The predicted octanol–water partition coefficient (Wildman–Crippen LogP) is 4.13. The molecule has 0 radical (unpaired) electrons. The standard InChI is InChI=1S/C24H32N2O3S/c27-23(25-24-13-16-8-17(14-24)10-18(9-16)15-24)26-19-6-7-20(26)12-22(11-19)30(28,29)21-4-2-1-3-5-21/h1-5,16-20,22H,6-15H2,(H,25,27). The second-order valence-corrected chi connectivity index (χ2v) is 13.1. The van der Waals surface area contributed by atoms with Crippen molar-refractivity contribution in [3.63, 3.8) is 0 Å². The van der Waals surface area contributed by atoms with Gasteiger partial charge in [-0.05, 0) is 94.1 Å². The van der Waals surface area contributed by atoms with Crippen LogP contribution in [-0.2, 0) is 9.84 Å². The summed E-state index contributed by atoms with van der Waals surface area (Å²) in [6.45, 7) is 0. The number of urea groups is 1. The van der Waals surface area contributed by atoms with E-state index < -0.39 is 9.84 Å². The van der Waals surface area contributed by atoms with E-state index >= 15 is 0 Å². The minimum atomic E-state index is -3.34. The van der Waals surface area contributed by atoms with Crippen LogP contribution in [0.3, 0.4) is 0 Å². The molecule has 1 N–H and O–H groups in total. The van der Waals surface area contributed by atoms with Gasteiger partial charge in [-0.1, -0.05) is 18.2 Å². The molecule has 4 aliphatic carbocycles. The Balaban J connectivity index is 1.18. The third-order valence-electron chi connectivity index (χ3n) is 8.85. The summed E-state index contributed by atoms with van der Waals surface area (Å²) in [4.78, 5) is 15.9. The molecule has 6 fully saturated rings. The summed E-state index contributed by atoms with van der Waals surface area (Å²) >= 11 is 0. The highest BCUT2D eigenvalue weighted by atomic mass is 32.2. The third kappa shape index (κ3) is 3.01. The molecule has 2 saturated heterocycles. The molecular weight excluding hydrogens is 396 g/mol. The fourth-order valence-electron chi connectivity index (χ4n) is 8.07. The van der Waals surface area contributed by atoms with Crippen molar-refractivity contribution in [2.24, 2.45) is 17.8 Å². The first-order chi connectivity index (χ1) is 14.4. The lowest BCUT2D eigenvalue weighted by Gasteiger charge is -2.57. The van der Waals surface area contributed by atoms with Crippen molar-refractivity contribution in [1.82, 2.24) is 10.2 Å². The number of nitrogens with zero attached hydrogens (tertiary/aromatic N) is 1. The number of sulfone groups is 1. The van der Waals surface area contributed by atoms with Crippen LogP contribution in [0.5, 0.6) is 0 Å². The van der Waals surface area contributed by atoms with Gasteiger partial charge in [0.25, 0.3) is 0 Å². The highest BCUT2D eigenvalue weighted by Crippen LogP contribution is 2.55. The highest BCUT2D eigenvalue weighted by Gasteiger charge is 2.53. The highest BCUT2D eigenvalue weighted by molar-refractivity contribution is 7.92. The lowest BCUT2D eigenvalue weighted by atomic mass is 9.53. The summed E-state index contributed by atoms with van der Waals surface area (Å²) in [6, 6.07) is 9.01. The Morgan fingerprint density at radius 1 is 0.867 bits per heavy atom. The average Bonchev–Trinajstić information content (AvgIpc) is 2.97. The van der Waals surface area contributed by atoms with Crippen molar-refractivity contribution in [1.29, 1.82) is 0 Å². The van der Waals surface area contributed by atoms with E-state index in [-0.39, 0.29) is 28.9 Å². The van der Waals surface area contributed by atoms with E-state index in [1.807, 2.05) is 11.0 Å². The molecule has 30 heavy (non-hydrogen) atoms. The number of piperidine rings is 1. The van der Waals surface area contributed by atoms with Crippen molar-refractivity contribution in [2.45, 2.75) is 92.0 Å². The number of carbonyl (C=O) groups excluding carboxylic acids is 1. The molecule has 6 bridgehead atoms. The van der Waals surface area contributed by atoms with Crippen molar-refractivity contribution in [3.05, 3.63) is 30.3 Å². The fraction of sp³-hybridized carbons (Fsp3) is 0.708. The van der Waals surface area contributed by atoms with Gasteiger partial charge in [-0.3, -0.25) is 0 Å². The number of rotatable bonds is 3. The maximum absolute atomic E-state index is 13.4. The van der Waals surface area contributed by atoms with Crippen molar-refractivity contribution in [2.75, 3.05) is 0 Å². The SMILES string of the molecule is O=C(NC12CC3CC(CC(C3)C1)C2)N1C2CCC1CC(S(=O)(=O)c1ccccc1)C2. The van der Waals surface area contributed by atoms with Crippen LogP contribution in [0.15, 0.2) is 35.2 Å². The van der Waals surface area contributed by atoms with Crippen LogP contribution in [-0.4, -0.2) is 42.2 Å². The van der Waals surface area contributed by atoms with E-state index in [9.17, 15) is 13.2 Å². The quantitative estimate of drug-likeness (QED) is 0.787. The summed E-state index contributed by atoms with van der Waals surface area (Å²) in [5.41, 5.74) is 0.0121. The number of carbonyl (C=O) groups is 1. The molecule has 2 amide bonds. The number of benzene rings is 1. The smallest absolute Gasteiger partial charge is 0.318 e.